The van der Waals surface area contributed by atoms with Crippen molar-refractivity contribution in [3.8, 4) is 0 Å². The van der Waals surface area contributed by atoms with Crippen LogP contribution in [0.15, 0.2) is 0 Å². The van der Waals surface area contributed by atoms with Crippen LogP contribution < -0.4 is 0 Å². The van der Waals surface area contributed by atoms with Crippen molar-refractivity contribution in [1.82, 2.24) is 0 Å². The Bertz CT molecular complexity index is 120. The van der Waals surface area contributed by atoms with Gasteiger partial charge in [-0.1, -0.05) is 6.42 Å². The fourth-order valence-electron chi connectivity index (χ4n) is 1.13. The Labute approximate surface area is 63.2 Å². The van der Waals surface area contributed by atoms with E-state index in [2.05, 4.69) is 12.6 Å². The first-order chi connectivity index (χ1) is 4.52. The molecule has 0 heterocycles. The van der Waals surface area contributed by atoms with E-state index < -0.39 is 11.6 Å². The fraction of sp³-hybridized carbons (Fsp3) is 1.00. The zero-order chi connectivity index (χ0) is 7.83. The molecule has 0 unspecified atom stereocenters. The molecule has 0 saturated heterocycles. The third-order valence-corrected chi connectivity index (χ3v) is 2.82. The van der Waals surface area contributed by atoms with Gasteiger partial charge in [0.1, 0.15) is 0 Å². The van der Waals surface area contributed by atoms with Gasteiger partial charge in [0.2, 0.25) is 0 Å². The number of alkyl halides is 3. The summed E-state index contributed by atoms with van der Waals surface area (Å²) in [6, 6.07) is 0. The lowest BCUT2D eigenvalue weighted by Gasteiger charge is -2.41. The summed E-state index contributed by atoms with van der Waals surface area (Å²) in [5, 5.41) is 0. The lowest BCUT2D eigenvalue weighted by atomic mass is 9.70. The van der Waals surface area contributed by atoms with Gasteiger partial charge in [0.15, 0.2) is 0 Å². The summed E-state index contributed by atoms with van der Waals surface area (Å²) in [7, 11) is 0. The topological polar surface area (TPSA) is 0 Å². The van der Waals surface area contributed by atoms with Gasteiger partial charge in [-0.2, -0.15) is 25.8 Å². The molecular weight excluding hydrogens is 161 g/mol. The van der Waals surface area contributed by atoms with Crippen LogP contribution in [0.25, 0.3) is 0 Å². The van der Waals surface area contributed by atoms with Gasteiger partial charge in [-0.15, -0.1) is 0 Å². The molecule has 0 spiro atoms. The van der Waals surface area contributed by atoms with Gasteiger partial charge in [0, 0.05) is 5.75 Å². The quantitative estimate of drug-likeness (QED) is 0.574. The van der Waals surface area contributed by atoms with Crippen molar-refractivity contribution in [3.63, 3.8) is 0 Å². The molecule has 1 aliphatic rings. The maximum atomic E-state index is 12.1. The summed E-state index contributed by atoms with van der Waals surface area (Å²) in [5.41, 5.74) is -1.43. The molecule has 0 aliphatic heterocycles. The highest BCUT2D eigenvalue weighted by atomic mass is 32.1. The average molecular weight is 170 g/mol. The predicted molar refractivity (Wildman–Crippen MR) is 36.2 cm³/mol. The maximum absolute atomic E-state index is 12.1. The first kappa shape index (κ1) is 8.24. The minimum absolute atomic E-state index is 0.0590. The van der Waals surface area contributed by atoms with Gasteiger partial charge >= 0.3 is 6.18 Å². The molecule has 60 valence electrons. The first-order valence-corrected chi connectivity index (χ1v) is 3.83. The zero-order valence-electron chi connectivity index (χ0n) is 5.41. The van der Waals surface area contributed by atoms with Gasteiger partial charge in [-0.05, 0) is 12.8 Å². The van der Waals surface area contributed by atoms with Crippen molar-refractivity contribution >= 4 is 12.6 Å². The highest BCUT2D eigenvalue weighted by molar-refractivity contribution is 7.80. The van der Waals surface area contributed by atoms with Crippen LogP contribution in [-0.4, -0.2) is 11.9 Å². The molecule has 0 bridgehead atoms. The third-order valence-electron chi connectivity index (χ3n) is 2.21. The van der Waals surface area contributed by atoms with E-state index in [1.807, 2.05) is 0 Å². The van der Waals surface area contributed by atoms with Crippen LogP contribution in [0.2, 0.25) is 0 Å². The summed E-state index contributed by atoms with van der Waals surface area (Å²) in [5.74, 6) is -0.0590. The standard InChI is InChI=1S/C6H9F3S/c7-6(8,9)5(4-10)2-1-3-5/h10H,1-4H2. The van der Waals surface area contributed by atoms with Crippen molar-refractivity contribution in [1.29, 1.82) is 0 Å². The molecule has 10 heavy (non-hydrogen) atoms. The Balaban J connectivity index is 2.65. The fourth-order valence-corrected chi connectivity index (χ4v) is 1.63. The van der Waals surface area contributed by atoms with Crippen molar-refractivity contribution in [2.75, 3.05) is 5.75 Å². The van der Waals surface area contributed by atoms with Gasteiger partial charge in [-0.3, -0.25) is 0 Å². The van der Waals surface area contributed by atoms with Gasteiger partial charge in [0.05, 0.1) is 5.41 Å². The minimum atomic E-state index is -4.03. The van der Waals surface area contributed by atoms with E-state index >= 15 is 0 Å². The van der Waals surface area contributed by atoms with E-state index in [1.165, 1.54) is 0 Å². The summed E-state index contributed by atoms with van der Waals surface area (Å²) in [4.78, 5) is 0. The number of rotatable bonds is 1. The molecule has 1 fully saturated rings. The Kier molecular flexibility index (Phi) is 1.92. The summed E-state index contributed by atoms with van der Waals surface area (Å²) >= 11 is 3.71. The van der Waals surface area contributed by atoms with E-state index in [9.17, 15) is 13.2 Å². The smallest absolute Gasteiger partial charge is 0.178 e. The molecule has 0 aromatic heterocycles. The van der Waals surface area contributed by atoms with Crippen LogP contribution in [0.3, 0.4) is 0 Å². The number of halogens is 3. The highest BCUT2D eigenvalue weighted by Crippen LogP contribution is 2.53. The molecule has 4 heteroatoms. The Hall–Kier alpha value is 0.140. The Morgan fingerprint density at radius 1 is 1.30 bits per heavy atom. The van der Waals surface area contributed by atoms with Gasteiger partial charge in [-0.25, -0.2) is 0 Å². The molecule has 0 nitrogen and oxygen atoms in total. The van der Waals surface area contributed by atoms with E-state index in [0.29, 0.717) is 6.42 Å². The summed E-state index contributed by atoms with van der Waals surface area (Å²) < 4.78 is 36.3. The molecular formula is C6H9F3S. The molecule has 0 amide bonds. The van der Waals surface area contributed by atoms with Crippen LogP contribution in [-0.2, 0) is 0 Å². The van der Waals surface area contributed by atoms with E-state index in [1.54, 1.807) is 0 Å². The largest absolute Gasteiger partial charge is 0.395 e. The molecule has 0 N–H and O–H groups in total. The molecule has 1 rings (SSSR count). The molecule has 0 aromatic carbocycles. The summed E-state index contributed by atoms with van der Waals surface area (Å²) in [6.45, 7) is 0. The second kappa shape index (κ2) is 2.32. The SMILES string of the molecule is FC(F)(F)C1(CS)CCC1. The maximum Gasteiger partial charge on any atom is 0.395 e. The Morgan fingerprint density at radius 2 is 1.80 bits per heavy atom. The van der Waals surface area contributed by atoms with Crippen molar-refractivity contribution in [2.45, 2.75) is 25.4 Å². The van der Waals surface area contributed by atoms with Gasteiger partial charge in [0.25, 0.3) is 0 Å². The van der Waals surface area contributed by atoms with Crippen molar-refractivity contribution in [2.24, 2.45) is 5.41 Å². The second-order valence-corrected chi connectivity index (χ2v) is 3.11. The Morgan fingerprint density at radius 3 is 1.80 bits per heavy atom. The van der Waals surface area contributed by atoms with Crippen LogP contribution in [0.4, 0.5) is 13.2 Å². The van der Waals surface area contributed by atoms with Crippen LogP contribution >= 0.6 is 12.6 Å². The lowest BCUT2D eigenvalue weighted by molar-refractivity contribution is -0.240. The van der Waals surface area contributed by atoms with Crippen molar-refractivity contribution in [3.05, 3.63) is 0 Å². The van der Waals surface area contributed by atoms with Crippen LogP contribution in [0.5, 0.6) is 0 Å². The highest BCUT2D eigenvalue weighted by Gasteiger charge is 2.56. The number of thiol groups is 1. The van der Waals surface area contributed by atoms with Crippen molar-refractivity contribution < 1.29 is 13.2 Å². The average Bonchev–Trinajstić information content (AvgIpc) is 1.58. The van der Waals surface area contributed by atoms with E-state index in [0.717, 1.165) is 0 Å². The van der Waals surface area contributed by atoms with Crippen LogP contribution in [0, 0.1) is 5.41 Å². The van der Waals surface area contributed by atoms with E-state index in [4.69, 9.17) is 0 Å². The zero-order valence-corrected chi connectivity index (χ0v) is 6.30. The number of hydrogen-bond donors (Lipinski definition) is 1. The predicted octanol–water partition coefficient (Wildman–Crippen LogP) is 2.65. The lowest BCUT2D eigenvalue weighted by Crippen LogP contribution is -2.45. The molecule has 1 aliphatic carbocycles. The minimum Gasteiger partial charge on any atom is -0.178 e. The van der Waals surface area contributed by atoms with E-state index in [-0.39, 0.29) is 18.6 Å². The monoisotopic (exact) mass is 170 g/mol. The third kappa shape index (κ3) is 1.02. The normalized spacial score (nSPS) is 24.0. The van der Waals surface area contributed by atoms with Crippen LogP contribution in [0.1, 0.15) is 19.3 Å². The molecule has 0 aromatic rings. The first-order valence-electron chi connectivity index (χ1n) is 3.19. The second-order valence-electron chi connectivity index (χ2n) is 2.79. The molecule has 0 atom stereocenters. The molecule has 0 radical (unpaired) electrons. The number of hydrogen-bond acceptors (Lipinski definition) is 1. The molecule has 1 saturated carbocycles. The summed E-state index contributed by atoms with van der Waals surface area (Å²) in [6.07, 6.45) is -2.81. The van der Waals surface area contributed by atoms with Gasteiger partial charge < -0.3 is 0 Å².